The van der Waals surface area contributed by atoms with Crippen LogP contribution < -0.4 is 23.7 Å². The molecule has 8 rings (SSSR count). The van der Waals surface area contributed by atoms with Crippen LogP contribution in [0, 0.1) is 42.9 Å². The van der Waals surface area contributed by atoms with E-state index in [1.807, 2.05) is 118 Å². The van der Waals surface area contributed by atoms with Gasteiger partial charge in [0.25, 0.3) is 0 Å². The zero-order valence-corrected chi connectivity index (χ0v) is 68.9. The van der Waals surface area contributed by atoms with Gasteiger partial charge in [0.05, 0.1) is 28.4 Å². The second kappa shape index (κ2) is 39.4. The summed E-state index contributed by atoms with van der Waals surface area (Å²) in [5.74, 6) is 1.32. The summed E-state index contributed by atoms with van der Waals surface area (Å²) in [6, 6.07) is 41.5. The molecule has 0 aliphatic heterocycles. The second-order valence-corrected chi connectivity index (χ2v) is 34.3. The fraction of sp³-hybridized carbons (Fsp3) is 0.448. The van der Waals surface area contributed by atoms with Crippen LogP contribution in [0.1, 0.15) is 222 Å². The zero-order chi connectivity index (χ0) is 80.0. The van der Waals surface area contributed by atoms with Gasteiger partial charge >= 0.3 is 6.36 Å². The van der Waals surface area contributed by atoms with Gasteiger partial charge in [0, 0.05) is 33.3 Å². The summed E-state index contributed by atoms with van der Waals surface area (Å²) < 4.78 is 124. The lowest BCUT2D eigenvalue weighted by Crippen LogP contribution is -2.17. The maximum Gasteiger partial charge on any atom is 0.573 e. The predicted molar refractivity (Wildman–Crippen MR) is 418 cm³/mol. The molecule has 103 heavy (non-hydrogen) atoms. The first-order chi connectivity index (χ1) is 46.7. The third-order valence-corrected chi connectivity index (χ3v) is 16.4. The molecule has 0 spiro atoms. The van der Waals surface area contributed by atoms with Crippen LogP contribution >= 0.6 is 34.8 Å². The highest BCUT2D eigenvalue weighted by Crippen LogP contribution is 2.37. The Labute approximate surface area is 628 Å². The van der Waals surface area contributed by atoms with Crippen molar-refractivity contribution < 1.29 is 58.8 Å². The average Bonchev–Trinajstić information content (AvgIpc) is 0.804. The second-order valence-electron chi connectivity index (χ2n) is 33.0. The van der Waals surface area contributed by atoms with E-state index >= 15 is 0 Å². The number of aryl methyl sites for hydroxylation is 2. The molecule has 0 amide bonds. The van der Waals surface area contributed by atoms with E-state index in [0.29, 0.717) is 21.4 Å². The summed E-state index contributed by atoms with van der Waals surface area (Å²) in [4.78, 5) is 0. The lowest BCUT2D eigenvalue weighted by molar-refractivity contribution is -0.274. The third kappa shape index (κ3) is 34.2. The minimum atomic E-state index is -4.62. The van der Waals surface area contributed by atoms with Crippen molar-refractivity contribution in [2.24, 2.45) is 0 Å². The Bertz CT molecular complexity index is 3590. The molecule has 16 heteroatoms. The van der Waals surface area contributed by atoms with E-state index in [1.165, 1.54) is 82.4 Å². The molecule has 0 radical (unpaired) electrons. The summed E-state index contributed by atoms with van der Waals surface area (Å²) in [6.45, 7) is 54.0. The molecule has 0 aromatic heterocycles. The van der Waals surface area contributed by atoms with Gasteiger partial charge in [-0.2, -0.15) is 0 Å². The van der Waals surface area contributed by atoms with Gasteiger partial charge in [-0.05, 0) is 192 Å². The van der Waals surface area contributed by atoms with Crippen molar-refractivity contribution in [2.45, 2.75) is 230 Å². The van der Waals surface area contributed by atoms with Gasteiger partial charge in [-0.1, -0.05) is 256 Å². The van der Waals surface area contributed by atoms with E-state index in [9.17, 15) is 35.1 Å². The first kappa shape index (κ1) is 94.1. The Morgan fingerprint density at radius 3 is 0.922 bits per heavy atom. The van der Waals surface area contributed by atoms with E-state index in [-0.39, 0.29) is 66.5 Å². The third-order valence-electron chi connectivity index (χ3n) is 15.6. The Morgan fingerprint density at radius 2 is 0.573 bits per heavy atom. The van der Waals surface area contributed by atoms with Crippen LogP contribution in [0.3, 0.4) is 0 Å². The van der Waals surface area contributed by atoms with Gasteiger partial charge in [0.2, 0.25) is 0 Å². The molecule has 5 nitrogen and oxygen atoms in total. The van der Waals surface area contributed by atoms with Gasteiger partial charge in [-0.3, -0.25) is 0 Å². The van der Waals surface area contributed by atoms with E-state index < -0.39 is 18.0 Å². The first-order valence-corrected chi connectivity index (χ1v) is 35.1. The maximum atomic E-state index is 13.1. The van der Waals surface area contributed by atoms with Crippen LogP contribution in [0.15, 0.2) is 152 Å². The summed E-state index contributed by atoms with van der Waals surface area (Å²) in [5, 5.41) is 2.04. The highest BCUT2D eigenvalue weighted by atomic mass is 35.5. The minimum Gasteiger partial charge on any atom is -0.497 e. The molecule has 8 aromatic carbocycles. The van der Waals surface area contributed by atoms with E-state index in [4.69, 9.17) is 53.8 Å². The van der Waals surface area contributed by atoms with Gasteiger partial charge in [-0.25, -0.2) is 22.0 Å². The molecule has 0 aliphatic carbocycles. The fourth-order valence-corrected chi connectivity index (χ4v) is 11.1. The number of halogens is 11. The van der Waals surface area contributed by atoms with Crippen LogP contribution in [0.2, 0.25) is 15.1 Å². The van der Waals surface area contributed by atoms with Crippen molar-refractivity contribution in [2.75, 3.05) is 28.4 Å². The van der Waals surface area contributed by atoms with Crippen LogP contribution in [0.5, 0.6) is 28.7 Å². The molecule has 0 heterocycles. The molecule has 0 fully saturated rings. The SMILES string of the molecule is CC(C)(C)c1ccc(F)cc1Cl.CC(C)(C)c1ccc(F)cc1F.CC(C)(C)c1ccc(OC(F)(F)F)cc1.COc1cc(Cl)ccc1C(C)(C)C.COc1cc(F)ccc1C(C)(C)C.COc1ccc(C(C)(C)C)c(OC)c1.Cc1cc(Cl)ccc1C(C)(C)C.Cc1cc(F)ccc1C(C)(C)C. The van der Waals surface area contributed by atoms with Gasteiger partial charge in [-0.15, -0.1) is 13.2 Å². The smallest absolute Gasteiger partial charge is 0.497 e. The van der Waals surface area contributed by atoms with Crippen molar-refractivity contribution in [3.8, 4) is 28.7 Å². The van der Waals surface area contributed by atoms with Crippen LogP contribution in [0.25, 0.3) is 0 Å². The zero-order valence-electron chi connectivity index (χ0n) is 66.6. The van der Waals surface area contributed by atoms with E-state index in [0.717, 1.165) is 50.6 Å². The van der Waals surface area contributed by atoms with Crippen molar-refractivity contribution in [3.63, 3.8) is 0 Å². The Balaban J connectivity index is 0.000000589. The topological polar surface area (TPSA) is 46.2 Å². The van der Waals surface area contributed by atoms with E-state index in [1.54, 1.807) is 58.8 Å². The Kier molecular flexibility index (Phi) is 36.0. The summed E-state index contributed by atoms with van der Waals surface area (Å²) in [5.41, 5.74) is 10.9. The summed E-state index contributed by atoms with van der Waals surface area (Å²) in [6.07, 6.45) is -4.62. The van der Waals surface area contributed by atoms with Crippen molar-refractivity contribution >= 4 is 34.8 Å². The number of rotatable bonds is 5. The number of methoxy groups -OCH3 is 4. The average molecular weight is 1500 g/mol. The van der Waals surface area contributed by atoms with Crippen molar-refractivity contribution in [1.82, 2.24) is 0 Å². The minimum absolute atomic E-state index is 0.0148. The first-order valence-electron chi connectivity index (χ1n) is 33.9. The quantitative estimate of drug-likeness (QED) is 0.161. The molecule has 570 valence electrons. The number of ether oxygens (including phenoxy) is 5. The normalized spacial score (nSPS) is 11.7. The van der Waals surface area contributed by atoms with Gasteiger partial charge < -0.3 is 23.7 Å². The standard InChI is InChI=1S/C12H18O2.C11H15ClO.C11H15Cl.C11H13F3O.C11H15FO.C11H15F.C10H12ClF.C10H12F2/c1-12(2,3)10-7-6-9(13-4)8-11(10)14-5;1-11(2,3)9-6-5-8(12)7-10(9)13-4;1-8-7-9(12)5-6-10(8)11(2,3)4;1-10(2,3)8-4-6-9(7-5-8)15-11(12,13)14;1-11(2,3)9-6-5-8(12)7-10(9)13-4;1-8-7-9(12)5-6-10(8)11(2,3)4;1-10(2,3)8-5-4-7(12)6-9(8)11;1-10(2,3)8-5-4-7(11)6-9(8)12/h6-8H,1-5H3;5-7H,1-4H3;5-7H,1-4H3;4-7H,1-3H3;5-7H,1-4H3;5-7H,1-4H3;2*4-6H,1-3H3. The lowest BCUT2D eigenvalue weighted by Gasteiger charge is -2.22. The van der Waals surface area contributed by atoms with Crippen LogP contribution in [0.4, 0.5) is 35.1 Å². The van der Waals surface area contributed by atoms with Crippen LogP contribution in [-0.2, 0) is 43.3 Å². The molecule has 0 atom stereocenters. The molecule has 0 unspecified atom stereocenters. The van der Waals surface area contributed by atoms with Crippen LogP contribution in [-0.4, -0.2) is 34.8 Å². The number of hydrogen-bond donors (Lipinski definition) is 0. The molecule has 0 aliphatic rings. The maximum absolute atomic E-state index is 13.1. The predicted octanol–water partition coefficient (Wildman–Crippen LogP) is 28.1. The highest BCUT2D eigenvalue weighted by Gasteiger charge is 2.31. The van der Waals surface area contributed by atoms with Gasteiger partial charge in [0.15, 0.2) is 0 Å². The molecule has 0 bridgehead atoms. The Morgan fingerprint density at radius 1 is 0.272 bits per heavy atom. The molecule has 0 saturated carbocycles. The fourth-order valence-electron chi connectivity index (χ4n) is 10.3. The summed E-state index contributed by atoms with van der Waals surface area (Å²) in [7, 11) is 6.57. The van der Waals surface area contributed by atoms with Crippen molar-refractivity contribution in [3.05, 3.63) is 251 Å². The molecule has 8 aromatic rings. The molecular weight excluding hydrogens is 1380 g/mol. The lowest BCUT2D eigenvalue weighted by atomic mass is 9.84. The number of alkyl halides is 3. The molecular formula is C87H115Cl3F8O5. The molecule has 0 N–H and O–H groups in total. The largest absolute Gasteiger partial charge is 0.573 e. The monoisotopic (exact) mass is 1500 g/mol. The van der Waals surface area contributed by atoms with Gasteiger partial charge in [0.1, 0.15) is 57.8 Å². The Hall–Kier alpha value is -6.93. The molecule has 0 saturated heterocycles. The highest BCUT2D eigenvalue weighted by molar-refractivity contribution is 6.31. The van der Waals surface area contributed by atoms with E-state index in [2.05, 4.69) is 128 Å². The number of benzene rings is 8. The van der Waals surface area contributed by atoms with Crippen molar-refractivity contribution in [1.29, 1.82) is 0 Å². The number of hydrogen-bond acceptors (Lipinski definition) is 5. The summed E-state index contributed by atoms with van der Waals surface area (Å²) >= 11 is 17.6.